The highest BCUT2D eigenvalue weighted by Crippen LogP contribution is 2.32. The number of nitrogens with zero attached hydrogens (tertiary/aromatic N) is 3. The van der Waals surface area contributed by atoms with Crippen molar-refractivity contribution in [2.45, 2.75) is 150 Å². The van der Waals surface area contributed by atoms with Crippen LogP contribution in [0, 0.1) is 10.8 Å². The Balaban J connectivity index is 1.17. The third-order valence-corrected chi connectivity index (χ3v) is 9.19. The summed E-state index contributed by atoms with van der Waals surface area (Å²) in [7, 11) is 0. The molecule has 6 nitrogen and oxygen atoms in total. The van der Waals surface area contributed by atoms with Crippen molar-refractivity contribution < 1.29 is 4.74 Å². The lowest BCUT2D eigenvalue weighted by Crippen LogP contribution is -2.53. The largest absolute Gasteiger partial charge is 0.375 e. The highest BCUT2D eigenvalue weighted by Gasteiger charge is 2.36. The Morgan fingerprint density at radius 2 is 1.55 bits per heavy atom. The van der Waals surface area contributed by atoms with Crippen LogP contribution < -0.4 is 10.6 Å². The van der Waals surface area contributed by atoms with Gasteiger partial charge in [0.25, 0.3) is 0 Å². The van der Waals surface area contributed by atoms with Crippen LogP contribution in [0.1, 0.15) is 120 Å². The molecule has 4 rings (SSSR count). The first-order valence-corrected chi connectivity index (χ1v) is 17.4. The van der Waals surface area contributed by atoms with E-state index in [2.05, 4.69) is 127 Å². The number of imidazole rings is 1. The number of piperidine rings is 1. The number of likely N-dealkylation sites (tertiary alicyclic amines) is 1. The molecule has 0 amide bonds. The van der Waals surface area contributed by atoms with E-state index in [-0.39, 0.29) is 16.5 Å². The quantitative estimate of drug-likeness (QED) is 0.243. The predicted octanol–water partition coefficient (Wildman–Crippen LogP) is 7.88. The van der Waals surface area contributed by atoms with Gasteiger partial charge in [0, 0.05) is 61.1 Å². The van der Waals surface area contributed by atoms with Gasteiger partial charge in [0.05, 0.1) is 24.2 Å². The summed E-state index contributed by atoms with van der Waals surface area (Å²) in [4.78, 5) is 7.42. The molecule has 2 heterocycles. The number of nitrogens with one attached hydrogen (secondary N) is 2. The number of ether oxygens (including phenoxy) is 1. The van der Waals surface area contributed by atoms with E-state index in [1.807, 2.05) is 6.33 Å². The fraction of sp³-hybridized carbons (Fsp3) is 0.763. The van der Waals surface area contributed by atoms with Gasteiger partial charge in [-0.3, -0.25) is 0 Å². The van der Waals surface area contributed by atoms with E-state index in [0.29, 0.717) is 29.7 Å². The average Bonchev–Trinajstić information content (AvgIpc) is 3.35. The number of hydrogen-bond donors (Lipinski definition) is 2. The molecule has 44 heavy (non-hydrogen) atoms. The van der Waals surface area contributed by atoms with Crippen LogP contribution in [0.2, 0.25) is 0 Å². The molecule has 248 valence electrons. The normalized spacial score (nSPS) is 21.8. The predicted molar refractivity (Wildman–Crippen MR) is 186 cm³/mol. The summed E-state index contributed by atoms with van der Waals surface area (Å²) in [6.45, 7) is 29.9. The minimum absolute atomic E-state index is 0.0490. The summed E-state index contributed by atoms with van der Waals surface area (Å²) in [6.07, 6.45) is 11.9. The van der Waals surface area contributed by atoms with Crippen LogP contribution in [0.4, 0.5) is 0 Å². The third-order valence-electron chi connectivity index (χ3n) is 9.19. The zero-order valence-electron chi connectivity index (χ0n) is 30.1. The van der Waals surface area contributed by atoms with Crippen molar-refractivity contribution in [3.05, 3.63) is 42.4 Å². The number of hydrogen-bond acceptors (Lipinski definition) is 5. The SMILES string of the molecule is C[C@@H](CNC(C)(C)CC(C)(C)CN1CCC(O[C@H]2C[C@@H](NC(C)(C)C)C2)CC1)n1cnc(-c2ccc(CC(C)(C)C)cc2)c1. The lowest BCUT2D eigenvalue weighted by atomic mass is 9.79. The zero-order valence-corrected chi connectivity index (χ0v) is 30.1. The maximum atomic E-state index is 6.49. The molecule has 1 aromatic heterocycles. The molecule has 0 unspecified atom stereocenters. The van der Waals surface area contributed by atoms with Gasteiger partial charge in [-0.1, -0.05) is 58.9 Å². The lowest BCUT2D eigenvalue weighted by Gasteiger charge is -2.44. The van der Waals surface area contributed by atoms with E-state index >= 15 is 0 Å². The maximum Gasteiger partial charge on any atom is 0.0956 e. The smallest absolute Gasteiger partial charge is 0.0956 e. The second-order valence-corrected chi connectivity index (χ2v) is 17.9. The first-order valence-electron chi connectivity index (χ1n) is 17.4. The molecule has 0 bridgehead atoms. The van der Waals surface area contributed by atoms with E-state index in [9.17, 15) is 0 Å². The summed E-state index contributed by atoms with van der Waals surface area (Å²) in [5.74, 6) is 0. The highest BCUT2D eigenvalue weighted by atomic mass is 16.5. The number of aromatic nitrogens is 2. The summed E-state index contributed by atoms with van der Waals surface area (Å²) < 4.78 is 8.74. The molecular weight excluding hydrogens is 542 g/mol. The first kappa shape index (κ1) is 35.1. The van der Waals surface area contributed by atoms with Gasteiger partial charge in [-0.2, -0.15) is 0 Å². The molecule has 1 saturated heterocycles. The molecule has 1 aromatic carbocycles. The average molecular weight is 608 g/mol. The molecule has 2 aliphatic rings. The van der Waals surface area contributed by atoms with Gasteiger partial charge in [0.15, 0.2) is 0 Å². The van der Waals surface area contributed by atoms with Gasteiger partial charge in [0.2, 0.25) is 0 Å². The summed E-state index contributed by atoms with van der Waals surface area (Å²) in [5, 5.41) is 7.61. The molecule has 1 aliphatic carbocycles. The molecule has 1 aliphatic heterocycles. The molecule has 1 atom stereocenters. The summed E-state index contributed by atoms with van der Waals surface area (Å²) in [6, 6.07) is 9.88. The molecule has 6 heteroatoms. The van der Waals surface area contributed by atoms with Crippen LogP contribution in [0.15, 0.2) is 36.8 Å². The molecular formula is C38H65N5O. The van der Waals surface area contributed by atoms with Crippen LogP contribution in [0.25, 0.3) is 11.3 Å². The topological polar surface area (TPSA) is 54.4 Å². The molecule has 0 radical (unpaired) electrons. The highest BCUT2D eigenvalue weighted by molar-refractivity contribution is 5.58. The van der Waals surface area contributed by atoms with E-state index < -0.39 is 0 Å². The molecule has 2 N–H and O–H groups in total. The number of benzene rings is 1. The van der Waals surface area contributed by atoms with Gasteiger partial charge in [0.1, 0.15) is 0 Å². The van der Waals surface area contributed by atoms with Crippen LogP contribution in [0.3, 0.4) is 0 Å². The first-order chi connectivity index (χ1) is 20.3. The Hall–Kier alpha value is -1.73. The van der Waals surface area contributed by atoms with E-state index in [1.54, 1.807) is 0 Å². The number of rotatable bonds is 13. The van der Waals surface area contributed by atoms with Crippen molar-refractivity contribution in [1.82, 2.24) is 25.1 Å². The monoisotopic (exact) mass is 608 g/mol. The molecule has 2 aromatic rings. The van der Waals surface area contributed by atoms with Crippen molar-refractivity contribution in [1.29, 1.82) is 0 Å². The van der Waals surface area contributed by atoms with Gasteiger partial charge < -0.3 is 24.8 Å². The fourth-order valence-electron chi connectivity index (χ4n) is 7.46. The zero-order chi connectivity index (χ0) is 32.3. The second kappa shape index (κ2) is 13.9. The van der Waals surface area contributed by atoms with Gasteiger partial charge in [-0.05, 0) is 96.5 Å². The van der Waals surface area contributed by atoms with E-state index in [0.717, 1.165) is 57.6 Å². The molecule has 1 saturated carbocycles. The van der Waals surface area contributed by atoms with Crippen molar-refractivity contribution in [2.75, 3.05) is 26.2 Å². The standard InChI is InChI=1S/C38H65N5O/c1-28(43-24-34(39-27-43)30-14-12-29(13-15-30)22-35(2,3)4)23-40-38(10,11)25-37(8,9)26-42-18-16-32(17-19-42)44-33-20-31(21-33)41-36(5,6)7/h12-15,24,27-28,31-33,40-41H,16-23,25-26H2,1-11H3/t28-,31-,33+/m0/s1. The van der Waals surface area contributed by atoms with Crippen LogP contribution in [-0.2, 0) is 11.2 Å². The van der Waals surface area contributed by atoms with Crippen molar-refractivity contribution in [3.8, 4) is 11.3 Å². The van der Waals surface area contributed by atoms with Crippen molar-refractivity contribution in [3.63, 3.8) is 0 Å². The Bertz CT molecular complexity index is 1160. The van der Waals surface area contributed by atoms with Crippen molar-refractivity contribution in [2.24, 2.45) is 10.8 Å². The summed E-state index contributed by atoms with van der Waals surface area (Å²) in [5.41, 5.74) is 4.38. The maximum absolute atomic E-state index is 6.49. The Kier molecular flexibility index (Phi) is 11.1. The summed E-state index contributed by atoms with van der Waals surface area (Å²) >= 11 is 0. The van der Waals surface area contributed by atoms with Gasteiger partial charge >= 0.3 is 0 Å². The van der Waals surface area contributed by atoms with Crippen LogP contribution in [0.5, 0.6) is 0 Å². The second-order valence-electron chi connectivity index (χ2n) is 17.9. The van der Waals surface area contributed by atoms with Gasteiger partial charge in [-0.15, -0.1) is 0 Å². The molecule has 2 fully saturated rings. The minimum Gasteiger partial charge on any atom is -0.375 e. The van der Waals surface area contributed by atoms with Crippen molar-refractivity contribution >= 4 is 0 Å². The third kappa shape index (κ3) is 11.3. The Morgan fingerprint density at radius 3 is 2.14 bits per heavy atom. The van der Waals surface area contributed by atoms with Gasteiger partial charge in [-0.25, -0.2) is 4.98 Å². The minimum atomic E-state index is 0.0490. The lowest BCUT2D eigenvalue weighted by molar-refractivity contribution is -0.0887. The fourth-order valence-corrected chi connectivity index (χ4v) is 7.46. The Labute approximate surface area is 270 Å². The Morgan fingerprint density at radius 1 is 0.909 bits per heavy atom. The van der Waals surface area contributed by atoms with E-state index in [4.69, 9.17) is 9.72 Å². The van der Waals surface area contributed by atoms with E-state index in [1.165, 1.54) is 24.0 Å². The van der Waals surface area contributed by atoms with Crippen LogP contribution in [-0.4, -0.2) is 70.0 Å². The van der Waals surface area contributed by atoms with Crippen LogP contribution >= 0.6 is 0 Å². The molecule has 0 spiro atoms.